The van der Waals surface area contributed by atoms with Gasteiger partial charge in [0.25, 0.3) is 0 Å². The van der Waals surface area contributed by atoms with E-state index < -0.39 is 0 Å². The minimum atomic E-state index is 0.528. The second kappa shape index (κ2) is 9.25. The van der Waals surface area contributed by atoms with E-state index >= 15 is 0 Å². The van der Waals surface area contributed by atoms with Gasteiger partial charge in [-0.15, -0.1) is 0 Å². The molecule has 5 heteroatoms. The van der Waals surface area contributed by atoms with Crippen molar-refractivity contribution in [2.75, 3.05) is 0 Å². The zero-order valence-electron chi connectivity index (χ0n) is 20.3. The summed E-state index contributed by atoms with van der Waals surface area (Å²) in [6.45, 7) is 0. The lowest BCUT2D eigenvalue weighted by Gasteiger charge is -2.15. The molecule has 0 bridgehead atoms. The summed E-state index contributed by atoms with van der Waals surface area (Å²) >= 11 is 6.97. The molecule has 0 fully saturated rings. The first-order valence-electron chi connectivity index (χ1n) is 12.4. The van der Waals surface area contributed by atoms with Crippen LogP contribution < -0.4 is 0 Å². The Hall–Kier alpha value is -4.80. The SMILES string of the molecule is Clc1cccc(-n2c3ccccc3c3ccccc32)c1-c1nc(-c2ccccc2)nc(-c2ccccc2)n1. The summed E-state index contributed by atoms with van der Waals surface area (Å²) in [6.07, 6.45) is 0. The molecule has 0 amide bonds. The Morgan fingerprint density at radius 3 is 1.47 bits per heavy atom. The van der Waals surface area contributed by atoms with E-state index in [0.717, 1.165) is 33.4 Å². The van der Waals surface area contributed by atoms with Crippen LogP contribution in [0.1, 0.15) is 0 Å². The van der Waals surface area contributed by atoms with E-state index in [-0.39, 0.29) is 0 Å². The molecule has 0 atom stereocenters. The van der Waals surface area contributed by atoms with Gasteiger partial charge in [0.15, 0.2) is 17.5 Å². The number of fused-ring (bicyclic) bond motifs is 3. The quantitative estimate of drug-likeness (QED) is 0.239. The second-order valence-corrected chi connectivity index (χ2v) is 9.45. The minimum absolute atomic E-state index is 0.528. The molecule has 0 spiro atoms. The second-order valence-electron chi connectivity index (χ2n) is 9.04. The summed E-state index contributed by atoms with van der Waals surface area (Å²) in [5.41, 5.74) is 5.70. The number of hydrogen-bond acceptors (Lipinski definition) is 3. The van der Waals surface area contributed by atoms with Crippen molar-refractivity contribution in [1.29, 1.82) is 0 Å². The van der Waals surface area contributed by atoms with Gasteiger partial charge in [0.2, 0.25) is 0 Å². The summed E-state index contributed by atoms with van der Waals surface area (Å²) in [4.78, 5) is 14.8. The van der Waals surface area contributed by atoms with Gasteiger partial charge in [0.1, 0.15) is 0 Å². The van der Waals surface area contributed by atoms with Crippen LogP contribution in [0.3, 0.4) is 0 Å². The van der Waals surface area contributed by atoms with Crippen molar-refractivity contribution in [2.45, 2.75) is 0 Å². The van der Waals surface area contributed by atoms with E-state index in [4.69, 9.17) is 26.6 Å². The highest BCUT2D eigenvalue weighted by Crippen LogP contribution is 2.39. The van der Waals surface area contributed by atoms with Crippen molar-refractivity contribution in [3.8, 4) is 39.9 Å². The number of hydrogen-bond donors (Lipinski definition) is 0. The molecule has 180 valence electrons. The molecule has 0 unspecified atom stereocenters. The van der Waals surface area contributed by atoms with Crippen molar-refractivity contribution >= 4 is 33.4 Å². The lowest BCUT2D eigenvalue weighted by molar-refractivity contribution is 1.06. The Morgan fingerprint density at radius 2 is 0.921 bits per heavy atom. The number of aromatic nitrogens is 4. The Morgan fingerprint density at radius 1 is 0.447 bits per heavy atom. The van der Waals surface area contributed by atoms with E-state index in [1.54, 1.807) is 0 Å². The highest BCUT2D eigenvalue weighted by Gasteiger charge is 2.21. The first-order chi connectivity index (χ1) is 18.8. The van der Waals surface area contributed by atoms with Crippen LogP contribution in [-0.4, -0.2) is 19.5 Å². The lowest BCUT2D eigenvalue weighted by Crippen LogP contribution is -2.04. The van der Waals surface area contributed by atoms with E-state index in [2.05, 4.69) is 59.2 Å². The van der Waals surface area contributed by atoms with Crippen LogP contribution in [-0.2, 0) is 0 Å². The van der Waals surface area contributed by atoms with Crippen LogP contribution in [0.25, 0.3) is 61.7 Å². The fraction of sp³-hybridized carbons (Fsp3) is 0. The molecule has 0 radical (unpaired) electrons. The third kappa shape index (κ3) is 3.74. The largest absolute Gasteiger partial charge is 0.308 e. The molecule has 7 rings (SSSR count). The number of rotatable bonds is 4. The normalized spacial score (nSPS) is 11.3. The van der Waals surface area contributed by atoms with Crippen molar-refractivity contribution in [3.63, 3.8) is 0 Å². The summed E-state index contributed by atoms with van der Waals surface area (Å²) < 4.78 is 2.25. The Kier molecular flexibility index (Phi) is 5.46. The van der Waals surface area contributed by atoms with Gasteiger partial charge in [-0.1, -0.05) is 115 Å². The first-order valence-corrected chi connectivity index (χ1v) is 12.8. The van der Waals surface area contributed by atoms with Crippen molar-refractivity contribution in [1.82, 2.24) is 19.5 Å². The summed E-state index contributed by atoms with van der Waals surface area (Å²) in [6, 6.07) is 42.7. The molecule has 7 aromatic rings. The van der Waals surface area contributed by atoms with E-state index in [9.17, 15) is 0 Å². The van der Waals surface area contributed by atoms with Crippen molar-refractivity contribution in [3.05, 3.63) is 132 Å². The van der Waals surface area contributed by atoms with Crippen LogP contribution >= 0.6 is 11.6 Å². The van der Waals surface area contributed by atoms with Crippen LogP contribution in [0, 0.1) is 0 Å². The van der Waals surface area contributed by atoms with E-state index in [1.807, 2.05) is 72.8 Å². The smallest absolute Gasteiger partial charge is 0.167 e. The average Bonchev–Trinajstić information content (AvgIpc) is 3.32. The molecular formula is C33H21ClN4. The molecule has 2 heterocycles. The van der Waals surface area contributed by atoms with Crippen molar-refractivity contribution in [2.24, 2.45) is 0 Å². The number of para-hydroxylation sites is 2. The maximum absolute atomic E-state index is 6.97. The van der Waals surface area contributed by atoms with Gasteiger partial charge in [-0.25, -0.2) is 15.0 Å². The maximum atomic E-state index is 6.97. The predicted molar refractivity (Wildman–Crippen MR) is 155 cm³/mol. The molecule has 0 saturated heterocycles. The Labute approximate surface area is 224 Å². The standard InChI is InChI=1S/C33H21ClN4/c34-26-18-11-21-29(38-27-19-9-7-16-24(27)25-17-8-10-20-28(25)38)30(26)33-36-31(22-12-3-1-4-13-22)35-32(37-33)23-14-5-2-6-15-23/h1-21H. The summed E-state index contributed by atoms with van der Waals surface area (Å²) in [5.74, 6) is 1.73. The molecule has 0 aliphatic rings. The minimum Gasteiger partial charge on any atom is -0.308 e. The Bertz CT molecular complexity index is 1820. The van der Waals surface area contributed by atoms with Gasteiger partial charge >= 0.3 is 0 Å². The molecule has 0 N–H and O–H groups in total. The molecule has 0 aliphatic heterocycles. The summed E-state index contributed by atoms with van der Waals surface area (Å²) in [5, 5.41) is 2.94. The molecule has 0 saturated carbocycles. The fourth-order valence-electron chi connectivity index (χ4n) is 5.02. The van der Waals surface area contributed by atoms with Crippen LogP contribution in [0.15, 0.2) is 127 Å². The van der Waals surface area contributed by atoms with Gasteiger partial charge in [-0.2, -0.15) is 0 Å². The zero-order valence-corrected chi connectivity index (χ0v) is 21.0. The average molecular weight is 509 g/mol. The molecule has 0 aliphatic carbocycles. The zero-order chi connectivity index (χ0) is 25.5. The fourth-order valence-corrected chi connectivity index (χ4v) is 5.28. The molecule has 38 heavy (non-hydrogen) atoms. The van der Waals surface area contributed by atoms with Crippen LogP contribution in [0.5, 0.6) is 0 Å². The molecule has 5 aromatic carbocycles. The number of benzene rings is 5. The van der Waals surface area contributed by atoms with Crippen LogP contribution in [0.2, 0.25) is 5.02 Å². The third-order valence-electron chi connectivity index (χ3n) is 6.74. The third-order valence-corrected chi connectivity index (χ3v) is 7.05. The van der Waals surface area contributed by atoms with E-state index in [1.165, 1.54) is 10.8 Å². The highest BCUT2D eigenvalue weighted by molar-refractivity contribution is 6.33. The molecular weight excluding hydrogens is 488 g/mol. The van der Waals surface area contributed by atoms with Crippen LogP contribution in [0.4, 0.5) is 0 Å². The summed E-state index contributed by atoms with van der Waals surface area (Å²) in [7, 11) is 0. The topological polar surface area (TPSA) is 43.6 Å². The van der Waals surface area contributed by atoms with Crippen molar-refractivity contribution < 1.29 is 0 Å². The predicted octanol–water partition coefficient (Wildman–Crippen LogP) is 8.62. The molecule has 2 aromatic heterocycles. The van der Waals surface area contributed by atoms with E-state index in [0.29, 0.717) is 22.5 Å². The van der Waals surface area contributed by atoms with Gasteiger partial charge < -0.3 is 4.57 Å². The van der Waals surface area contributed by atoms with Gasteiger partial charge in [0, 0.05) is 21.9 Å². The molecule has 4 nitrogen and oxygen atoms in total. The maximum Gasteiger partial charge on any atom is 0.167 e. The lowest BCUT2D eigenvalue weighted by atomic mass is 10.1. The monoisotopic (exact) mass is 508 g/mol. The number of halogens is 1. The van der Waals surface area contributed by atoms with Gasteiger partial charge in [-0.3, -0.25) is 0 Å². The Balaban J connectivity index is 1.55. The van der Waals surface area contributed by atoms with Gasteiger partial charge in [-0.05, 0) is 24.3 Å². The number of nitrogens with zero attached hydrogens (tertiary/aromatic N) is 4. The van der Waals surface area contributed by atoms with Gasteiger partial charge in [0.05, 0.1) is 27.3 Å². The first kappa shape index (κ1) is 22.4. The highest BCUT2D eigenvalue weighted by atomic mass is 35.5.